The molecule has 0 radical (unpaired) electrons. The second-order valence-electron chi connectivity index (χ2n) is 4.39. The Morgan fingerprint density at radius 2 is 1.95 bits per heavy atom. The third-order valence-electron chi connectivity index (χ3n) is 3.06. The summed E-state index contributed by atoms with van der Waals surface area (Å²) in [6.07, 6.45) is 0. The first-order valence-electron chi connectivity index (χ1n) is 6.50. The van der Waals surface area contributed by atoms with Gasteiger partial charge in [-0.05, 0) is 49.4 Å². The lowest BCUT2D eigenvalue weighted by Crippen LogP contribution is -2.18. The van der Waals surface area contributed by atoms with Gasteiger partial charge in [-0.2, -0.15) is 0 Å². The van der Waals surface area contributed by atoms with E-state index in [0.29, 0.717) is 6.61 Å². The van der Waals surface area contributed by atoms with Gasteiger partial charge < -0.3 is 10.1 Å². The average Bonchev–Trinajstić information content (AvgIpc) is 2.42. The molecule has 0 bridgehead atoms. The van der Waals surface area contributed by atoms with Crippen LogP contribution in [0.1, 0.15) is 24.1 Å². The predicted octanol–water partition coefficient (Wildman–Crippen LogP) is 4.92. The van der Waals surface area contributed by atoms with E-state index in [4.69, 9.17) is 4.74 Å². The number of hydrogen-bond donors (Lipinski definition) is 1. The topological polar surface area (TPSA) is 21.3 Å². The van der Waals surface area contributed by atoms with Gasteiger partial charge in [0, 0.05) is 8.95 Å². The summed E-state index contributed by atoms with van der Waals surface area (Å²) in [4.78, 5) is 0. The summed E-state index contributed by atoms with van der Waals surface area (Å²) in [5, 5.41) is 3.36. The van der Waals surface area contributed by atoms with Crippen LogP contribution in [0.3, 0.4) is 0 Å². The lowest BCUT2D eigenvalue weighted by molar-refractivity contribution is 0.340. The molecule has 0 aliphatic heterocycles. The number of ether oxygens (including phenoxy) is 1. The number of halogens is 2. The summed E-state index contributed by atoms with van der Waals surface area (Å²) in [7, 11) is 1.97. The normalized spacial score (nSPS) is 12.2. The summed E-state index contributed by atoms with van der Waals surface area (Å²) < 4.78 is 7.65. The lowest BCUT2D eigenvalue weighted by Gasteiger charge is -2.19. The smallest absolute Gasteiger partial charge is 0.120 e. The second-order valence-corrected chi connectivity index (χ2v) is 6.16. The van der Waals surface area contributed by atoms with Crippen molar-refractivity contribution in [3.8, 4) is 5.75 Å². The molecule has 1 N–H and O–H groups in total. The first-order chi connectivity index (χ1) is 9.65. The van der Waals surface area contributed by atoms with E-state index in [9.17, 15) is 0 Å². The molecule has 0 amide bonds. The van der Waals surface area contributed by atoms with Gasteiger partial charge in [0.2, 0.25) is 0 Å². The van der Waals surface area contributed by atoms with Gasteiger partial charge in [0.05, 0.1) is 12.6 Å². The van der Waals surface area contributed by atoms with Gasteiger partial charge in [-0.3, -0.25) is 0 Å². The molecule has 20 heavy (non-hydrogen) atoms. The van der Waals surface area contributed by atoms with E-state index in [1.807, 2.05) is 38.2 Å². The standard InChI is InChI=1S/C16H17Br2NO/c1-3-20-13-7-8-14(15(18)10-13)16(19-2)11-5-4-6-12(17)9-11/h4-10,16,19H,3H2,1-2H3. The fraction of sp³-hybridized carbons (Fsp3) is 0.250. The molecule has 2 aromatic rings. The van der Waals surface area contributed by atoms with Crippen molar-refractivity contribution < 1.29 is 4.74 Å². The minimum Gasteiger partial charge on any atom is -0.494 e. The molecule has 0 fully saturated rings. The Morgan fingerprint density at radius 1 is 1.15 bits per heavy atom. The average molecular weight is 399 g/mol. The highest BCUT2D eigenvalue weighted by Crippen LogP contribution is 2.32. The van der Waals surface area contributed by atoms with Crippen molar-refractivity contribution in [1.29, 1.82) is 0 Å². The fourth-order valence-corrected chi connectivity index (χ4v) is 3.19. The maximum Gasteiger partial charge on any atom is 0.120 e. The Kier molecular flexibility index (Phi) is 5.64. The molecule has 0 spiro atoms. The van der Waals surface area contributed by atoms with E-state index in [1.54, 1.807) is 0 Å². The van der Waals surface area contributed by atoms with Gasteiger partial charge in [-0.1, -0.05) is 50.1 Å². The van der Waals surface area contributed by atoms with Gasteiger partial charge in [0.25, 0.3) is 0 Å². The van der Waals surface area contributed by atoms with Gasteiger partial charge in [0.1, 0.15) is 5.75 Å². The molecule has 2 aromatic carbocycles. The Hall–Kier alpha value is -0.840. The number of rotatable bonds is 5. The van der Waals surface area contributed by atoms with Gasteiger partial charge in [-0.25, -0.2) is 0 Å². The molecule has 0 heterocycles. The number of nitrogens with one attached hydrogen (secondary N) is 1. The first-order valence-corrected chi connectivity index (χ1v) is 8.09. The van der Waals surface area contributed by atoms with Crippen LogP contribution in [0.5, 0.6) is 5.75 Å². The van der Waals surface area contributed by atoms with Crippen molar-refractivity contribution in [3.63, 3.8) is 0 Å². The Morgan fingerprint density at radius 3 is 2.55 bits per heavy atom. The highest BCUT2D eigenvalue weighted by Gasteiger charge is 2.15. The van der Waals surface area contributed by atoms with Crippen LogP contribution in [-0.2, 0) is 0 Å². The van der Waals surface area contributed by atoms with Crippen LogP contribution in [0.4, 0.5) is 0 Å². The van der Waals surface area contributed by atoms with Crippen molar-refractivity contribution in [3.05, 3.63) is 62.5 Å². The van der Waals surface area contributed by atoms with Gasteiger partial charge >= 0.3 is 0 Å². The minimum atomic E-state index is 0.137. The van der Waals surface area contributed by atoms with Crippen LogP contribution in [0, 0.1) is 0 Å². The summed E-state index contributed by atoms with van der Waals surface area (Å²) >= 11 is 7.17. The molecule has 0 saturated heterocycles. The minimum absolute atomic E-state index is 0.137. The number of benzene rings is 2. The third-order valence-corrected chi connectivity index (χ3v) is 4.24. The molecule has 4 heteroatoms. The molecular formula is C16H17Br2NO. The zero-order valence-corrected chi connectivity index (χ0v) is 14.7. The maximum absolute atomic E-state index is 5.52. The van der Waals surface area contributed by atoms with Crippen molar-refractivity contribution in [2.45, 2.75) is 13.0 Å². The molecule has 0 aliphatic rings. The fourth-order valence-electron chi connectivity index (χ4n) is 2.19. The van der Waals surface area contributed by atoms with E-state index in [0.717, 1.165) is 14.7 Å². The van der Waals surface area contributed by atoms with Crippen molar-refractivity contribution in [2.75, 3.05) is 13.7 Å². The van der Waals surface area contributed by atoms with Crippen LogP contribution in [0.25, 0.3) is 0 Å². The molecule has 0 saturated carbocycles. The first kappa shape index (κ1) is 15.5. The molecular weight excluding hydrogens is 382 g/mol. The Labute approximate surface area is 136 Å². The molecule has 106 valence electrons. The van der Waals surface area contributed by atoms with Gasteiger partial charge in [-0.15, -0.1) is 0 Å². The highest BCUT2D eigenvalue weighted by molar-refractivity contribution is 9.10. The quantitative estimate of drug-likeness (QED) is 0.771. The Bertz CT molecular complexity index is 586. The summed E-state index contributed by atoms with van der Waals surface area (Å²) in [5.74, 6) is 0.882. The van der Waals surface area contributed by atoms with Crippen LogP contribution < -0.4 is 10.1 Å². The lowest BCUT2D eigenvalue weighted by atomic mass is 9.99. The zero-order chi connectivity index (χ0) is 14.5. The largest absolute Gasteiger partial charge is 0.494 e. The van der Waals surface area contributed by atoms with Crippen molar-refractivity contribution in [1.82, 2.24) is 5.32 Å². The van der Waals surface area contributed by atoms with E-state index < -0.39 is 0 Å². The summed E-state index contributed by atoms with van der Waals surface area (Å²) in [5.41, 5.74) is 2.40. The predicted molar refractivity (Wildman–Crippen MR) is 90.4 cm³/mol. The van der Waals surface area contributed by atoms with Crippen LogP contribution in [0.15, 0.2) is 51.4 Å². The van der Waals surface area contributed by atoms with Crippen molar-refractivity contribution in [2.24, 2.45) is 0 Å². The van der Waals surface area contributed by atoms with Crippen LogP contribution in [-0.4, -0.2) is 13.7 Å². The molecule has 1 atom stereocenters. The van der Waals surface area contributed by atoms with Crippen LogP contribution >= 0.6 is 31.9 Å². The Balaban J connectivity index is 2.37. The van der Waals surface area contributed by atoms with E-state index in [1.165, 1.54) is 11.1 Å². The maximum atomic E-state index is 5.52. The molecule has 2 rings (SSSR count). The monoisotopic (exact) mass is 397 g/mol. The summed E-state index contributed by atoms with van der Waals surface area (Å²) in [6.45, 7) is 2.66. The highest BCUT2D eigenvalue weighted by atomic mass is 79.9. The van der Waals surface area contributed by atoms with Gasteiger partial charge in [0.15, 0.2) is 0 Å². The third kappa shape index (κ3) is 3.62. The molecule has 1 unspecified atom stereocenters. The zero-order valence-electron chi connectivity index (χ0n) is 11.5. The molecule has 0 aromatic heterocycles. The molecule has 0 aliphatic carbocycles. The van der Waals surface area contributed by atoms with E-state index >= 15 is 0 Å². The summed E-state index contributed by atoms with van der Waals surface area (Å²) in [6, 6.07) is 14.6. The SMILES string of the molecule is CCOc1ccc(C(NC)c2cccc(Br)c2)c(Br)c1. The van der Waals surface area contributed by atoms with Crippen LogP contribution in [0.2, 0.25) is 0 Å². The number of hydrogen-bond acceptors (Lipinski definition) is 2. The molecule has 2 nitrogen and oxygen atoms in total. The van der Waals surface area contributed by atoms with E-state index in [-0.39, 0.29) is 6.04 Å². The van der Waals surface area contributed by atoms with Crippen molar-refractivity contribution >= 4 is 31.9 Å². The second kappa shape index (κ2) is 7.25. The van der Waals surface area contributed by atoms with E-state index in [2.05, 4.69) is 55.4 Å².